The smallest absolute Gasteiger partial charge is 0.184 e. The van der Waals surface area contributed by atoms with E-state index in [1.807, 2.05) is 44.2 Å². The highest BCUT2D eigenvalue weighted by molar-refractivity contribution is 5.56. The number of H-pyrrole nitrogens is 1. The van der Waals surface area contributed by atoms with Crippen LogP contribution in [0.5, 0.6) is 5.75 Å². The van der Waals surface area contributed by atoms with Crippen LogP contribution in [0.15, 0.2) is 41.0 Å². The molecule has 1 aromatic carbocycles. The normalized spacial score (nSPS) is 10.7. The van der Waals surface area contributed by atoms with E-state index in [1.165, 1.54) is 5.56 Å². The molecule has 0 aliphatic heterocycles. The SMILES string of the molecule is Cc1ccc(OCc2occc2-c2n[nH]c(C)n2)cc1. The number of aromatic nitrogens is 3. The first-order valence-corrected chi connectivity index (χ1v) is 6.37. The minimum Gasteiger partial charge on any atom is -0.486 e. The highest BCUT2D eigenvalue weighted by Gasteiger charge is 2.13. The fourth-order valence-corrected chi connectivity index (χ4v) is 1.90. The highest BCUT2D eigenvalue weighted by atomic mass is 16.5. The number of benzene rings is 1. The van der Waals surface area contributed by atoms with Crippen molar-refractivity contribution in [2.45, 2.75) is 20.5 Å². The number of aryl methyl sites for hydroxylation is 2. The van der Waals surface area contributed by atoms with E-state index in [4.69, 9.17) is 9.15 Å². The molecule has 0 radical (unpaired) electrons. The molecule has 2 aromatic heterocycles. The van der Waals surface area contributed by atoms with Crippen molar-refractivity contribution in [3.63, 3.8) is 0 Å². The van der Waals surface area contributed by atoms with Crippen molar-refractivity contribution in [2.75, 3.05) is 0 Å². The third-order valence-electron chi connectivity index (χ3n) is 2.97. The predicted molar refractivity (Wildman–Crippen MR) is 74.3 cm³/mol. The molecule has 0 atom stereocenters. The van der Waals surface area contributed by atoms with Crippen LogP contribution in [0.3, 0.4) is 0 Å². The Morgan fingerprint density at radius 1 is 1.15 bits per heavy atom. The molecular formula is C15H15N3O2. The van der Waals surface area contributed by atoms with Crippen LogP contribution in [0.2, 0.25) is 0 Å². The van der Waals surface area contributed by atoms with Gasteiger partial charge in [0, 0.05) is 0 Å². The summed E-state index contributed by atoms with van der Waals surface area (Å²) in [5.41, 5.74) is 2.05. The van der Waals surface area contributed by atoms with E-state index in [0.717, 1.165) is 17.1 Å². The number of ether oxygens (including phenoxy) is 1. The number of nitrogens with one attached hydrogen (secondary N) is 1. The van der Waals surface area contributed by atoms with Crippen LogP contribution < -0.4 is 4.74 Å². The van der Waals surface area contributed by atoms with Crippen LogP contribution in [0, 0.1) is 13.8 Å². The van der Waals surface area contributed by atoms with Gasteiger partial charge in [0.05, 0.1) is 11.8 Å². The molecule has 0 bridgehead atoms. The van der Waals surface area contributed by atoms with Gasteiger partial charge in [-0.25, -0.2) is 4.98 Å². The Balaban J connectivity index is 1.75. The first-order chi connectivity index (χ1) is 9.72. The molecule has 2 heterocycles. The van der Waals surface area contributed by atoms with Gasteiger partial charge in [-0.1, -0.05) is 17.7 Å². The van der Waals surface area contributed by atoms with Crippen molar-refractivity contribution >= 4 is 0 Å². The van der Waals surface area contributed by atoms with Gasteiger partial charge in [0.25, 0.3) is 0 Å². The van der Waals surface area contributed by atoms with Crippen LogP contribution >= 0.6 is 0 Å². The number of nitrogens with zero attached hydrogens (tertiary/aromatic N) is 2. The van der Waals surface area contributed by atoms with Gasteiger partial charge in [-0.3, -0.25) is 5.10 Å². The molecule has 0 aliphatic rings. The first kappa shape index (κ1) is 12.5. The van der Waals surface area contributed by atoms with Crippen molar-refractivity contribution in [1.82, 2.24) is 15.2 Å². The van der Waals surface area contributed by atoms with Crippen LogP contribution in [0.1, 0.15) is 17.1 Å². The molecule has 0 aliphatic carbocycles. The van der Waals surface area contributed by atoms with Gasteiger partial charge in [0.2, 0.25) is 0 Å². The van der Waals surface area contributed by atoms with E-state index in [9.17, 15) is 0 Å². The summed E-state index contributed by atoms with van der Waals surface area (Å²) in [5.74, 6) is 2.92. The zero-order valence-electron chi connectivity index (χ0n) is 11.4. The molecule has 0 fully saturated rings. The Morgan fingerprint density at radius 2 is 1.95 bits per heavy atom. The second kappa shape index (κ2) is 5.21. The fourth-order valence-electron chi connectivity index (χ4n) is 1.90. The number of hydrogen-bond acceptors (Lipinski definition) is 4. The third-order valence-corrected chi connectivity index (χ3v) is 2.97. The average Bonchev–Trinajstić information content (AvgIpc) is 3.06. The van der Waals surface area contributed by atoms with Crippen molar-refractivity contribution < 1.29 is 9.15 Å². The van der Waals surface area contributed by atoms with Gasteiger partial charge in [-0.15, -0.1) is 0 Å². The van der Waals surface area contributed by atoms with E-state index in [2.05, 4.69) is 15.2 Å². The van der Waals surface area contributed by atoms with E-state index in [-0.39, 0.29) is 0 Å². The van der Waals surface area contributed by atoms with Crippen molar-refractivity contribution in [2.24, 2.45) is 0 Å². The molecule has 3 aromatic rings. The third kappa shape index (κ3) is 2.56. The number of aromatic amines is 1. The van der Waals surface area contributed by atoms with Gasteiger partial charge in [0.15, 0.2) is 11.6 Å². The summed E-state index contributed by atoms with van der Waals surface area (Å²) in [6, 6.07) is 9.74. The first-order valence-electron chi connectivity index (χ1n) is 6.37. The lowest BCUT2D eigenvalue weighted by Gasteiger charge is -2.05. The van der Waals surface area contributed by atoms with Crippen molar-refractivity contribution in [3.8, 4) is 17.1 Å². The Kier molecular flexibility index (Phi) is 3.25. The quantitative estimate of drug-likeness (QED) is 0.789. The van der Waals surface area contributed by atoms with Crippen molar-refractivity contribution in [3.05, 3.63) is 53.7 Å². The van der Waals surface area contributed by atoms with Crippen LogP contribution in [-0.4, -0.2) is 15.2 Å². The zero-order chi connectivity index (χ0) is 13.9. The van der Waals surface area contributed by atoms with Crippen LogP contribution in [-0.2, 0) is 6.61 Å². The molecule has 0 amide bonds. The summed E-state index contributed by atoms with van der Waals surface area (Å²) in [6.07, 6.45) is 1.62. The largest absolute Gasteiger partial charge is 0.486 e. The van der Waals surface area contributed by atoms with Gasteiger partial charge >= 0.3 is 0 Å². The summed E-state index contributed by atoms with van der Waals surface area (Å²) in [7, 11) is 0. The Hall–Kier alpha value is -2.56. The van der Waals surface area contributed by atoms with E-state index in [0.29, 0.717) is 18.2 Å². The lowest BCUT2D eigenvalue weighted by Crippen LogP contribution is -1.96. The summed E-state index contributed by atoms with van der Waals surface area (Å²) in [6.45, 7) is 4.25. The second-order valence-corrected chi connectivity index (χ2v) is 4.60. The minimum absolute atomic E-state index is 0.346. The average molecular weight is 269 g/mol. The van der Waals surface area contributed by atoms with Crippen LogP contribution in [0.25, 0.3) is 11.4 Å². The monoisotopic (exact) mass is 269 g/mol. The maximum absolute atomic E-state index is 5.71. The predicted octanol–water partition coefficient (Wildman–Crippen LogP) is 3.26. The maximum atomic E-state index is 5.71. The molecule has 5 heteroatoms. The minimum atomic E-state index is 0.346. The number of hydrogen-bond donors (Lipinski definition) is 1. The summed E-state index contributed by atoms with van der Waals surface area (Å²) < 4.78 is 11.2. The molecule has 20 heavy (non-hydrogen) atoms. The Bertz CT molecular complexity index is 698. The molecule has 5 nitrogen and oxygen atoms in total. The fraction of sp³-hybridized carbons (Fsp3) is 0.200. The zero-order valence-corrected chi connectivity index (χ0v) is 11.4. The lowest BCUT2D eigenvalue weighted by atomic mass is 10.2. The molecule has 3 rings (SSSR count). The van der Waals surface area contributed by atoms with E-state index < -0.39 is 0 Å². The van der Waals surface area contributed by atoms with Gasteiger partial charge < -0.3 is 9.15 Å². The van der Waals surface area contributed by atoms with Gasteiger partial charge in [0.1, 0.15) is 18.2 Å². The topological polar surface area (TPSA) is 63.9 Å². The molecule has 0 saturated carbocycles. The molecule has 1 N–H and O–H groups in total. The molecular weight excluding hydrogens is 254 g/mol. The Labute approximate surface area is 116 Å². The van der Waals surface area contributed by atoms with Gasteiger partial charge in [-0.2, -0.15) is 5.10 Å². The number of furan rings is 1. The lowest BCUT2D eigenvalue weighted by molar-refractivity contribution is 0.271. The van der Waals surface area contributed by atoms with E-state index >= 15 is 0 Å². The Morgan fingerprint density at radius 3 is 2.65 bits per heavy atom. The maximum Gasteiger partial charge on any atom is 0.184 e. The standard InChI is InChI=1S/C15H15N3O2/c1-10-3-5-12(6-4-10)20-9-14-13(7-8-19-14)15-16-11(2)17-18-15/h3-8H,9H2,1-2H3,(H,16,17,18). The van der Waals surface area contributed by atoms with E-state index in [1.54, 1.807) is 6.26 Å². The van der Waals surface area contributed by atoms with Gasteiger partial charge in [-0.05, 0) is 32.0 Å². The summed E-state index contributed by atoms with van der Waals surface area (Å²) >= 11 is 0. The molecule has 0 unspecified atom stereocenters. The number of rotatable bonds is 4. The molecule has 102 valence electrons. The highest BCUT2D eigenvalue weighted by Crippen LogP contribution is 2.23. The van der Waals surface area contributed by atoms with Crippen LogP contribution in [0.4, 0.5) is 0 Å². The summed E-state index contributed by atoms with van der Waals surface area (Å²) in [5, 5.41) is 6.95. The summed E-state index contributed by atoms with van der Waals surface area (Å²) in [4.78, 5) is 4.30. The van der Waals surface area contributed by atoms with Crippen molar-refractivity contribution in [1.29, 1.82) is 0 Å². The molecule has 0 spiro atoms. The molecule has 0 saturated heterocycles. The second-order valence-electron chi connectivity index (χ2n) is 4.60.